The Morgan fingerprint density at radius 1 is 1.32 bits per heavy atom. The predicted molar refractivity (Wildman–Crippen MR) is 74.8 cm³/mol. The standard InChI is InChI=1S/C13H15BrN2O3/c14-8-6-11-12(19-5-4-18-11)7-10(8)16-13(17)9-2-1-3-15-9/h6-7,9,15H,1-5H2,(H,16,17)/t9-/m1/s1. The topological polar surface area (TPSA) is 59.6 Å². The Hall–Kier alpha value is -1.27. The van der Waals surface area contributed by atoms with Gasteiger partial charge in [0, 0.05) is 16.6 Å². The molecule has 0 radical (unpaired) electrons. The summed E-state index contributed by atoms with van der Waals surface area (Å²) in [5.74, 6) is 1.37. The van der Waals surface area contributed by atoms with Gasteiger partial charge in [0.1, 0.15) is 13.2 Å². The molecule has 1 atom stereocenters. The third-order valence-electron chi connectivity index (χ3n) is 3.27. The van der Waals surface area contributed by atoms with Crippen LogP contribution >= 0.6 is 15.9 Å². The highest BCUT2D eigenvalue weighted by molar-refractivity contribution is 9.10. The van der Waals surface area contributed by atoms with Gasteiger partial charge >= 0.3 is 0 Å². The zero-order valence-electron chi connectivity index (χ0n) is 10.4. The number of amides is 1. The lowest BCUT2D eigenvalue weighted by Crippen LogP contribution is -2.35. The molecule has 1 amide bonds. The van der Waals surface area contributed by atoms with Gasteiger partial charge in [0.2, 0.25) is 5.91 Å². The van der Waals surface area contributed by atoms with Crippen LogP contribution in [0.1, 0.15) is 12.8 Å². The second kappa shape index (κ2) is 5.38. The number of halogens is 1. The van der Waals surface area contributed by atoms with Crippen molar-refractivity contribution in [2.45, 2.75) is 18.9 Å². The van der Waals surface area contributed by atoms with Crippen LogP contribution in [0.4, 0.5) is 5.69 Å². The lowest BCUT2D eigenvalue weighted by molar-refractivity contribution is -0.117. The van der Waals surface area contributed by atoms with Crippen molar-refractivity contribution in [1.82, 2.24) is 5.32 Å². The third kappa shape index (κ3) is 2.69. The lowest BCUT2D eigenvalue weighted by atomic mass is 10.2. The highest BCUT2D eigenvalue weighted by Crippen LogP contribution is 2.38. The number of benzene rings is 1. The Kier molecular flexibility index (Phi) is 3.61. The average molecular weight is 327 g/mol. The number of anilines is 1. The van der Waals surface area contributed by atoms with Gasteiger partial charge in [-0.15, -0.1) is 0 Å². The summed E-state index contributed by atoms with van der Waals surface area (Å²) in [6, 6.07) is 3.53. The number of carbonyl (C=O) groups is 1. The molecule has 0 saturated carbocycles. The summed E-state index contributed by atoms with van der Waals surface area (Å²) in [6.45, 7) is 1.99. The van der Waals surface area contributed by atoms with E-state index in [0.717, 1.165) is 23.9 Å². The molecule has 2 aliphatic heterocycles. The molecule has 1 saturated heterocycles. The predicted octanol–water partition coefficient (Wildman–Crippen LogP) is 1.91. The van der Waals surface area contributed by atoms with Gasteiger partial charge in [-0.2, -0.15) is 0 Å². The van der Waals surface area contributed by atoms with Crippen LogP contribution in [-0.2, 0) is 4.79 Å². The van der Waals surface area contributed by atoms with Crippen LogP contribution in [-0.4, -0.2) is 31.7 Å². The average Bonchev–Trinajstić information content (AvgIpc) is 2.93. The molecule has 5 nitrogen and oxygen atoms in total. The SMILES string of the molecule is O=C(Nc1cc2c(cc1Br)OCCO2)[C@H]1CCCN1. The minimum Gasteiger partial charge on any atom is -0.486 e. The smallest absolute Gasteiger partial charge is 0.241 e. The molecule has 1 aromatic rings. The van der Waals surface area contributed by atoms with E-state index in [2.05, 4.69) is 26.6 Å². The largest absolute Gasteiger partial charge is 0.486 e. The van der Waals surface area contributed by atoms with E-state index in [-0.39, 0.29) is 11.9 Å². The van der Waals surface area contributed by atoms with Crippen molar-refractivity contribution in [2.24, 2.45) is 0 Å². The van der Waals surface area contributed by atoms with Crippen LogP contribution < -0.4 is 20.1 Å². The van der Waals surface area contributed by atoms with Crippen molar-refractivity contribution in [3.8, 4) is 11.5 Å². The van der Waals surface area contributed by atoms with E-state index in [0.29, 0.717) is 30.4 Å². The first kappa shape index (κ1) is 12.7. The second-order valence-corrected chi connectivity index (χ2v) is 5.47. The normalized spacial score (nSPS) is 21.2. The third-order valence-corrected chi connectivity index (χ3v) is 3.92. The van der Waals surface area contributed by atoms with Gasteiger partial charge in [-0.1, -0.05) is 0 Å². The van der Waals surface area contributed by atoms with Crippen LogP contribution in [0.15, 0.2) is 16.6 Å². The quantitative estimate of drug-likeness (QED) is 0.871. The van der Waals surface area contributed by atoms with Crippen LogP contribution in [0.2, 0.25) is 0 Å². The van der Waals surface area contributed by atoms with E-state index in [1.807, 2.05) is 6.07 Å². The zero-order chi connectivity index (χ0) is 13.2. The molecule has 2 N–H and O–H groups in total. The summed E-state index contributed by atoms with van der Waals surface area (Å²) < 4.78 is 11.8. The summed E-state index contributed by atoms with van der Waals surface area (Å²) >= 11 is 3.44. The monoisotopic (exact) mass is 326 g/mol. The van der Waals surface area contributed by atoms with E-state index in [1.54, 1.807) is 6.07 Å². The van der Waals surface area contributed by atoms with E-state index >= 15 is 0 Å². The summed E-state index contributed by atoms with van der Waals surface area (Å²) in [7, 11) is 0. The summed E-state index contributed by atoms with van der Waals surface area (Å²) in [4.78, 5) is 12.1. The fraction of sp³-hybridized carbons (Fsp3) is 0.462. The maximum atomic E-state index is 12.1. The maximum Gasteiger partial charge on any atom is 0.241 e. The molecule has 0 aromatic heterocycles. The van der Waals surface area contributed by atoms with Crippen molar-refractivity contribution in [3.05, 3.63) is 16.6 Å². The summed E-state index contributed by atoms with van der Waals surface area (Å²) in [5, 5.41) is 6.09. The van der Waals surface area contributed by atoms with Gasteiger partial charge in [-0.05, 0) is 35.3 Å². The highest BCUT2D eigenvalue weighted by Gasteiger charge is 2.23. The molecule has 0 aliphatic carbocycles. The minimum absolute atomic E-state index is 0.00474. The molecule has 3 rings (SSSR count). The molecular weight excluding hydrogens is 312 g/mol. The van der Waals surface area contributed by atoms with E-state index in [1.165, 1.54) is 0 Å². The Morgan fingerprint density at radius 2 is 2.05 bits per heavy atom. The summed E-state index contributed by atoms with van der Waals surface area (Å²) in [6.07, 6.45) is 1.92. The number of nitrogens with one attached hydrogen (secondary N) is 2. The molecule has 0 unspecified atom stereocenters. The Bertz CT molecular complexity index is 501. The van der Waals surface area contributed by atoms with Gasteiger partial charge in [-0.3, -0.25) is 4.79 Å². The molecule has 1 fully saturated rings. The fourth-order valence-electron chi connectivity index (χ4n) is 2.29. The van der Waals surface area contributed by atoms with Crippen molar-refractivity contribution in [3.63, 3.8) is 0 Å². The number of ether oxygens (including phenoxy) is 2. The van der Waals surface area contributed by atoms with Crippen molar-refractivity contribution in [2.75, 3.05) is 25.1 Å². The van der Waals surface area contributed by atoms with E-state index in [9.17, 15) is 4.79 Å². The van der Waals surface area contributed by atoms with Gasteiger partial charge in [0.15, 0.2) is 11.5 Å². The number of hydrogen-bond acceptors (Lipinski definition) is 4. The van der Waals surface area contributed by atoms with E-state index < -0.39 is 0 Å². The van der Waals surface area contributed by atoms with Crippen LogP contribution in [0.3, 0.4) is 0 Å². The van der Waals surface area contributed by atoms with E-state index in [4.69, 9.17) is 9.47 Å². The first-order valence-corrected chi connectivity index (χ1v) is 7.17. The molecule has 1 aromatic carbocycles. The van der Waals surface area contributed by atoms with Crippen LogP contribution in [0.5, 0.6) is 11.5 Å². The van der Waals surface area contributed by atoms with Crippen LogP contribution in [0.25, 0.3) is 0 Å². The molecule has 2 aliphatic rings. The second-order valence-electron chi connectivity index (χ2n) is 4.61. The zero-order valence-corrected chi connectivity index (χ0v) is 12.0. The first-order chi connectivity index (χ1) is 9.24. The van der Waals surface area contributed by atoms with Crippen molar-refractivity contribution in [1.29, 1.82) is 0 Å². The molecule has 0 spiro atoms. The minimum atomic E-state index is -0.0971. The maximum absolute atomic E-state index is 12.1. The Balaban J connectivity index is 1.78. The molecule has 102 valence electrons. The Labute approximate surface area is 119 Å². The molecule has 6 heteroatoms. The fourth-order valence-corrected chi connectivity index (χ4v) is 2.71. The highest BCUT2D eigenvalue weighted by atomic mass is 79.9. The van der Waals surface area contributed by atoms with Crippen LogP contribution in [0, 0.1) is 0 Å². The molecule has 0 bridgehead atoms. The molecular formula is C13H15BrN2O3. The Morgan fingerprint density at radius 3 is 2.74 bits per heavy atom. The first-order valence-electron chi connectivity index (χ1n) is 6.37. The lowest BCUT2D eigenvalue weighted by Gasteiger charge is -2.20. The van der Waals surface area contributed by atoms with Gasteiger partial charge in [-0.25, -0.2) is 0 Å². The number of rotatable bonds is 2. The summed E-state index contributed by atoms with van der Waals surface area (Å²) in [5.41, 5.74) is 0.711. The number of fused-ring (bicyclic) bond motifs is 1. The number of carbonyl (C=O) groups excluding carboxylic acids is 1. The van der Waals surface area contributed by atoms with Crippen molar-refractivity contribution < 1.29 is 14.3 Å². The van der Waals surface area contributed by atoms with Crippen molar-refractivity contribution >= 4 is 27.5 Å². The number of hydrogen-bond donors (Lipinski definition) is 2. The van der Waals surface area contributed by atoms with Gasteiger partial charge < -0.3 is 20.1 Å². The van der Waals surface area contributed by atoms with Gasteiger partial charge in [0.05, 0.1) is 11.7 Å². The molecule has 19 heavy (non-hydrogen) atoms. The molecule has 2 heterocycles. The van der Waals surface area contributed by atoms with Gasteiger partial charge in [0.25, 0.3) is 0 Å².